The highest BCUT2D eigenvalue weighted by Gasteiger charge is 2.12. The molecular weight excluding hydrogens is 224 g/mol. The van der Waals surface area contributed by atoms with E-state index in [4.69, 9.17) is 9.84 Å². The summed E-state index contributed by atoms with van der Waals surface area (Å²) >= 11 is 4.04. The summed E-state index contributed by atoms with van der Waals surface area (Å²) in [5.74, 6) is 5.73. The van der Waals surface area contributed by atoms with Crippen molar-refractivity contribution >= 4 is 18.6 Å². The summed E-state index contributed by atoms with van der Waals surface area (Å²) in [7, 11) is 1.44. The van der Waals surface area contributed by atoms with Gasteiger partial charge in [0, 0.05) is 12.2 Å². The average Bonchev–Trinajstić information content (AvgIpc) is 2.29. The van der Waals surface area contributed by atoms with Gasteiger partial charge in [-0.05, 0) is 12.1 Å². The van der Waals surface area contributed by atoms with Crippen LogP contribution in [0.5, 0.6) is 5.75 Å². The number of carboxylic acids is 1. The van der Waals surface area contributed by atoms with E-state index < -0.39 is 5.97 Å². The second-order valence-corrected chi connectivity index (χ2v) is 3.41. The lowest BCUT2D eigenvalue weighted by molar-refractivity contribution is 0.0693. The fourth-order valence-corrected chi connectivity index (χ4v) is 1.35. The molecule has 0 unspecified atom stereocenters. The van der Waals surface area contributed by atoms with Gasteiger partial charge in [0.2, 0.25) is 0 Å². The van der Waals surface area contributed by atoms with E-state index >= 15 is 0 Å². The van der Waals surface area contributed by atoms with E-state index in [1.807, 2.05) is 0 Å². The zero-order valence-electron chi connectivity index (χ0n) is 8.86. The maximum atomic E-state index is 10.9. The Kier molecular flexibility index (Phi) is 4.74. The van der Waals surface area contributed by atoms with Crippen molar-refractivity contribution in [1.82, 2.24) is 0 Å². The molecule has 0 bridgehead atoms. The van der Waals surface area contributed by atoms with E-state index in [9.17, 15) is 4.79 Å². The third-order valence-corrected chi connectivity index (χ3v) is 2.13. The second kappa shape index (κ2) is 6.09. The van der Waals surface area contributed by atoms with E-state index in [1.165, 1.54) is 13.2 Å². The number of hydrogen-bond acceptors (Lipinski definition) is 3. The third-order valence-electron chi connectivity index (χ3n) is 1.91. The lowest BCUT2D eigenvalue weighted by atomic mass is 10.1. The summed E-state index contributed by atoms with van der Waals surface area (Å²) in [6.07, 6.45) is 0.656. The second-order valence-electron chi connectivity index (χ2n) is 2.97. The van der Waals surface area contributed by atoms with Gasteiger partial charge in [0.25, 0.3) is 0 Å². The molecule has 1 aromatic rings. The van der Waals surface area contributed by atoms with Crippen LogP contribution < -0.4 is 4.74 Å². The molecule has 0 atom stereocenters. The largest absolute Gasteiger partial charge is 0.495 e. The van der Waals surface area contributed by atoms with Crippen LogP contribution in [0.1, 0.15) is 22.3 Å². The number of ether oxygens (including phenoxy) is 1. The molecule has 0 aliphatic rings. The van der Waals surface area contributed by atoms with Crippen molar-refractivity contribution in [1.29, 1.82) is 0 Å². The van der Waals surface area contributed by atoms with Crippen LogP contribution in [0.4, 0.5) is 0 Å². The Hall–Kier alpha value is -1.60. The normalized spacial score (nSPS) is 9.12. The summed E-state index contributed by atoms with van der Waals surface area (Å²) in [5, 5.41) is 8.95. The highest BCUT2D eigenvalue weighted by Crippen LogP contribution is 2.22. The molecule has 84 valence electrons. The predicted octanol–water partition coefficient (Wildman–Crippen LogP) is 2.06. The average molecular weight is 236 g/mol. The van der Waals surface area contributed by atoms with E-state index in [0.717, 1.165) is 0 Å². The van der Waals surface area contributed by atoms with Crippen molar-refractivity contribution < 1.29 is 14.6 Å². The number of carboxylic acid groups (broad SMARTS) is 1. The molecule has 16 heavy (non-hydrogen) atoms. The zero-order chi connectivity index (χ0) is 12.0. The smallest absolute Gasteiger partial charge is 0.339 e. The van der Waals surface area contributed by atoms with Crippen molar-refractivity contribution in [2.45, 2.75) is 6.42 Å². The summed E-state index contributed by atoms with van der Waals surface area (Å²) in [4.78, 5) is 10.9. The van der Waals surface area contributed by atoms with Crippen LogP contribution in [0.25, 0.3) is 0 Å². The molecule has 0 aliphatic heterocycles. The van der Waals surface area contributed by atoms with Gasteiger partial charge >= 0.3 is 5.97 Å². The van der Waals surface area contributed by atoms with Gasteiger partial charge in [0.05, 0.1) is 12.7 Å². The first-order chi connectivity index (χ1) is 7.70. The number of rotatable bonds is 3. The summed E-state index contributed by atoms with van der Waals surface area (Å²) < 4.78 is 5.07. The van der Waals surface area contributed by atoms with Crippen molar-refractivity contribution in [3.05, 3.63) is 29.3 Å². The molecule has 1 N–H and O–H groups in total. The Labute approximate surface area is 99.8 Å². The molecule has 1 aromatic carbocycles. The summed E-state index contributed by atoms with van der Waals surface area (Å²) in [6.45, 7) is 0. The van der Waals surface area contributed by atoms with Crippen molar-refractivity contribution in [3.63, 3.8) is 0 Å². The third kappa shape index (κ3) is 2.94. The lowest BCUT2D eigenvalue weighted by Gasteiger charge is -2.06. The number of benzene rings is 1. The maximum Gasteiger partial charge on any atom is 0.339 e. The Bertz CT molecular complexity index is 443. The number of methoxy groups -OCH3 is 1. The van der Waals surface area contributed by atoms with E-state index in [-0.39, 0.29) is 5.56 Å². The first kappa shape index (κ1) is 12.5. The molecule has 0 saturated carbocycles. The molecule has 0 amide bonds. The van der Waals surface area contributed by atoms with Crippen LogP contribution in [0.3, 0.4) is 0 Å². The number of para-hydroxylation sites is 1. The van der Waals surface area contributed by atoms with Crippen molar-refractivity contribution in [2.75, 3.05) is 12.9 Å². The monoisotopic (exact) mass is 236 g/mol. The highest BCUT2D eigenvalue weighted by molar-refractivity contribution is 7.80. The Morgan fingerprint density at radius 2 is 2.31 bits per heavy atom. The molecule has 0 aliphatic carbocycles. The Morgan fingerprint density at radius 1 is 1.56 bits per heavy atom. The van der Waals surface area contributed by atoms with Crippen LogP contribution in [-0.4, -0.2) is 23.9 Å². The summed E-state index contributed by atoms with van der Waals surface area (Å²) in [5.41, 5.74) is 0.712. The van der Waals surface area contributed by atoms with E-state index in [0.29, 0.717) is 23.5 Å². The quantitative estimate of drug-likeness (QED) is 0.624. The van der Waals surface area contributed by atoms with Crippen molar-refractivity contribution in [3.8, 4) is 17.6 Å². The fraction of sp³-hybridized carbons (Fsp3) is 0.250. The van der Waals surface area contributed by atoms with Crippen molar-refractivity contribution in [2.24, 2.45) is 0 Å². The standard InChI is InChI=1S/C12H12O3S/c1-15-11-9(5-2-3-8-16)6-4-7-10(11)12(13)14/h4,6-7,16H,3,8H2,1H3,(H,13,14). The van der Waals surface area contributed by atoms with Gasteiger partial charge in [-0.15, -0.1) is 0 Å². The molecule has 0 spiro atoms. The number of aromatic carboxylic acids is 1. The minimum absolute atomic E-state index is 0.125. The maximum absolute atomic E-state index is 10.9. The van der Waals surface area contributed by atoms with Gasteiger partial charge in [-0.25, -0.2) is 4.79 Å². The molecule has 3 nitrogen and oxygen atoms in total. The number of hydrogen-bond donors (Lipinski definition) is 2. The minimum Gasteiger partial charge on any atom is -0.495 e. The molecule has 0 heterocycles. The molecular formula is C12H12O3S. The number of carbonyl (C=O) groups is 1. The van der Waals surface area contributed by atoms with Gasteiger partial charge in [0.1, 0.15) is 11.3 Å². The van der Waals surface area contributed by atoms with Gasteiger partial charge in [-0.2, -0.15) is 12.6 Å². The van der Waals surface area contributed by atoms with E-state index in [2.05, 4.69) is 24.5 Å². The predicted molar refractivity (Wildman–Crippen MR) is 65.3 cm³/mol. The topological polar surface area (TPSA) is 46.5 Å². The van der Waals surface area contributed by atoms with Crippen LogP contribution in [0, 0.1) is 11.8 Å². The SMILES string of the molecule is COc1c(C#CCCS)cccc1C(=O)O. The molecule has 0 aromatic heterocycles. The van der Waals surface area contributed by atoms with Crippen LogP contribution >= 0.6 is 12.6 Å². The molecule has 0 saturated heterocycles. The van der Waals surface area contributed by atoms with Gasteiger partial charge in [-0.1, -0.05) is 17.9 Å². The summed E-state index contributed by atoms with van der Waals surface area (Å²) in [6, 6.07) is 4.87. The van der Waals surface area contributed by atoms with Gasteiger partial charge in [0.15, 0.2) is 0 Å². The molecule has 0 fully saturated rings. The zero-order valence-corrected chi connectivity index (χ0v) is 9.75. The fourth-order valence-electron chi connectivity index (χ4n) is 1.24. The van der Waals surface area contributed by atoms with Gasteiger partial charge < -0.3 is 9.84 Å². The first-order valence-corrected chi connectivity index (χ1v) is 5.34. The van der Waals surface area contributed by atoms with Crippen LogP contribution in [-0.2, 0) is 0 Å². The highest BCUT2D eigenvalue weighted by atomic mass is 32.1. The van der Waals surface area contributed by atoms with E-state index in [1.54, 1.807) is 12.1 Å². The van der Waals surface area contributed by atoms with Gasteiger partial charge in [-0.3, -0.25) is 0 Å². The minimum atomic E-state index is -1.02. The lowest BCUT2D eigenvalue weighted by Crippen LogP contribution is -2.01. The molecule has 0 radical (unpaired) electrons. The Balaban J connectivity index is 3.15. The molecule has 4 heteroatoms. The Morgan fingerprint density at radius 3 is 2.88 bits per heavy atom. The first-order valence-electron chi connectivity index (χ1n) is 4.70. The van der Waals surface area contributed by atoms with Crippen LogP contribution in [0.2, 0.25) is 0 Å². The van der Waals surface area contributed by atoms with Crippen LogP contribution in [0.15, 0.2) is 18.2 Å². The molecule has 1 rings (SSSR count). The number of thiol groups is 1.